The van der Waals surface area contributed by atoms with Gasteiger partial charge in [-0.05, 0) is 38.0 Å². The molecule has 1 aliphatic heterocycles. The van der Waals surface area contributed by atoms with Crippen LogP contribution in [-0.2, 0) is 0 Å². The highest BCUT2D eigenvalue weighted by atomic mass is 32.1. The Morgan fingerprint density at radius 2 is 2.10 bits per heavy atom. The molecule has 1 aliphatic carbocycles. The van der Waals surface area contributed by atoms with Crippen LogP contribution in [0.1, 0.15) is 44.9 Å². The Morgan fingerprint density at radius 3 is 2.81 bits per heavy atom. The standard InChI is InChI=1S/C15H23N3O2S/c1-20-13-10-16-14(21-13)17-15(19)18-9-5-4-8-12(18)11-6-2-3-7-11/h10-12H,2-9H2,1H3,(H,16,17,19). The topological polar surface area (TPSA) is 54.5 Å². The predicted octanol–water partition coefficient (Wildman–Crippen LogP) is 3.73. The van der Waals surface area contributed by atoms with E-state index >= 15 is 0 Å². The van der Waals surface area contributed by atoms with Gasteiger partial charge in [0.1, 0.15) is 0 Å². The molecule has 6 heteroatoms. The van der Waals surface area contributed by atoms with E-state index in [0.717, 1.165) is 24.4 Å². The molecular weight excluding hydrogens is 286 g/mol. The van der Waals surface area contributed by atoms with Crippen LogP contribution < -0.4 is 10.1 Å². The summed E-state index contributed by atoms with van der Waals surface area (Å²) in [6.07, 6.45) is 10.3. The molecule has 0 aromatic carbocycles. The molecule has 0 radical (unpaired) electrons. The molecule has 5 nitrogen and oxygen atoms in total. The molecular formula is C15H23N3O2S. The fourth-order valence-electron chi connectivity index (χ4n) is 3.62. The number of carbonyl (C=O) groups is 1. The second-order valence-corrected chi connectivity index (χ2v) is 6.91. The van der Waals surface area contributed by atoms with Gasteiger partial charge in [0.05, 0.1) is 13.3 Å². The molecule has 116 valence electrons. The lowest BCUT2D eigenvalue weighted by Crippen LogP contribution is -2.48. The number of aromatic nitrogens is 1. The van der Waals surface area contributed by atoms with E-state index in [1.54, 1.807) is 13.3 Å². The number of carbonyl (C=O) groups excluding carboxylic acids is 1. The second kappa shape index (κ2) is 6.64. The molecule has 21 heavy (non-hydrogen) atoms. The van der Waals surface area contributed by atoms with Gasteiger partial charge in [0, 0.05) is 12.6 Å². The lowest BCUT2D eigenvalue weighted by molar-refractivity contribution is 0.128. The number of likely N-dealkylation sites (tertiary alicyclic amines) is 1. The summed E-state index contributed by atoms with van der Waals surface area (Å²) >= 11 is 1.37. The Morgan fingerprint density at radius 1 is 1.33 bits per heavy atom. The van der Waals surface area contributed by atoms with Crippen LogP contribution in [-0.4, -0.2) is 35.6 Å². The molecule has 0 spiro atoms. The number of hydrogen-bond acceptors (Lipinski definition) is 4. The highest BCUT2D eigenvalue weighted by Crippen LogP contribution is 2.35. The third kappa shape index (κ3) is 3.31. The molecule has 3 rings (SSSR count). The minimum absolute atomic E-state index is 0.00334. The van der Waals surface area contributed by atoms with Crippen LogP contribution >= 0.6 is 11.3 Å². The van der Waals surface area contributed by atoms with E-state index in [1.807, 2.05) is 4.90 Å². The zero-order valence-electron chi connectivity index (χ0n) is 12.5. The Kier molecular flexibility index (Phi) is 4.63. The maximum atomic E-state index is 12.6. The summed E-state index contributed by atoms with van der Waals surface area (Å²) in [5.41, 5.74) is 0. The van der Waals surface area contributed by atoms with Crippen molar-refractivity contribution in [2.24, 2.45) is 5.92 Å². The van der Waals surface area contributed by atoms with E-state index < -0.39 is 0 Å². The van der Waals surface area contributed by atoms with Crippen LogP contribution in [0.3, 0.4) is 0 Å². The van der Waals surface area contributed by atoms with Gasteiger partial charge in [0.15, 0.2) is 10.2 Å². The van der Waals surface area contributed by atoms with Crippen molar-refractivity contribution in [2.45, 2.75) is 51.0 Å². The summed E-state index contributed by atoms with van der Waals surface area (Å²) in [6.45, 7) is 0.871. The SMILES string of the molecule is COc1cnc(NC(=O)N2CCCCC2C2CCCC2)s1. The number of rotatable bonds is 3. The van der Waals surface area contributed by atoms with Crippen LogP contribution in [0.4, 0.5) is 9.93 Å². The molecule has 0 bridgehead atoms. The quantitative estimate of drug-likeness (QED) is 0.925. The van der Waals surface area contributed by atoms with Crippen LogP contribution in [0.5, 0.6) is 5.06 Å². The highest BCUT2D eigenvalue weighted by molar-refractivity contribution is 7.17. The predicted molar refractivity (Wildman–Crippen MR) is 84.0 cm³/mol. The molecule has 1 aromatic heterocycles. The molecule has 2 aliphatic rings. The average Bonchev–Trinajstić information content (AvgIpc) is 3.18. The third-order valence-corrected chi connectivity index (χ3v) is 5.53. The first-order valence-electron chi connectivity index (χ1n) is 7.85. The zero-order valence-corrected chi connectivity index (χ0v) is 13.3. The van der Waals surface area contributed by atoms with E-state index in [2.05, 4.69) is 10.3 Å². The molecule has 2 amide bonds. The number of hydrogen-bond donors (Lipinski definition) is 1. The van der Waals surface area contributed by atoms with Crippen molar-refractivity contribution in [3.8, 4) is 5.06 Å². The summed E-state index contributed by atoms with van der Waals surface area (Å²) in [5.74, 6) is 0.696. The number of anilines is 1. The lowest BCUT2D eigenvalue weighted by atomic mass is 9.89. The van der Waals surface area contributed by atoms with Gasteiger partial charge < -0.3 is 9.64 Å². The van der Waals surface area contributed by atoms with Crippen molar-refractivity contribution in [3.63, 3.8) is 0 Å². The molecule has 2 heterocycles. The van der Waals surface area contributed by atoms with Gasteiger partial charge in [0.2, 0.25) is 0 Å². The van der Waals surface area contributed by atoms with Crippen molar-refractivity contribution in [2.75, 3.05) is 19.0 Å². The van der Waals surface area contributed by atoms with Crippen LogP contribution in [0, 0.1) is 5.92 Å². The summed E-state index contributed by atoms with van der Waals surface area (Å²) in [4.78, 5) is 18.8. The van der Waals surface area contributed by atoms with Gasteiger partial charge in [0.25, 0.3) is 0 Å². The van der Waals surface area contributed by atoms with Gasteiger partial charge >= 0.3 is 6.03 Å². The smallest absolute Gasteiger partial charge is 0.323 e. The van der Waals surface area contributed by atoms with E-state index in [9.17, 15) is 4.79 Å². The second-order valence-electron chi connectivity index (χ2n) is 5.92. The van der Waals surface area contributed by atoms with E-state index in [1.165, 1.54) is 43.4 Å². The molecule has 1 aromatic rings. The summed E-state index contributed by atoms with van der Waals surface area (Å²) in [7, 11) is 1.61. The number of nitrogens with one attached hydrogen (secondary N) is 1. The molecule has 2 fully saturated rings. The fraction of sp³-hybridized carbons (Fsp3) is 0.733. The van der Waals surface area contributed by atoms with Gasteiger partial charge in [-0.25, -0.2) is 9.78 Å². The van der Waals surface area contributed by atoms with Crippen LogP contribution in [0.25, 0.3) is 0 Å². The van der Waals surface area contributed by atoms with Crippen molar-refractivity contribution in [3.05, 3.63) is 6.20 Å². The number of amides is 2. The van der Waals surface area contributed by atoms with Crippen LogP contribution in [0.15, 0.2) is 6.20 Å². The minimum Gasteiger partial charge on any atom is -0.486 e. The molecule has 1 N–H and O–H groups in total. The first-order valence-corrected chi connectivity index (χ1v) is 8.67. The van der Waals surface area contributed by atoms with Crippen molar-refractivity contribution < 1.29 is 9.53 Å². The zero-order chi connectivity index (χ0) is 14.7. The van der Waals surface area contributed by atoms with E-state index in [0.29, 0.717) is 17.1 Å². The number of piperidine rings is 1. The van der Waals surface area contributed by atoms with Gasteiger partial charge in [-0.2, -0.15) is 0 Å². The fourth-order valence-corrected chi connectivity index (χ4v) is 4.24. The van der Waals surface area contributed by atoms with Gasteiger partial charge in [-0.3, -0.25) is 5.32 Å². The Bertz CT molecular complexity index is 485. The van der Waals surface area contributed by atoms with Crippen molar-refractivity contribution in [1.29, 1.82) is 0 Å². The maximum absolute atomic E-state index is 12.6. The Hall–Kier alpha value is -1.30. The van der Waals surface area contributed by atoms with Crippen molar-refractivity contribution >= 4 is 22.5 Å². The first kappa shape index (κ1) is 14.6. The third-order valence-electron chi connectivity index (χ3n) is 4.65. The van der Waals surface area contributed by atoms with E-state index in [4.69, 9.17) is 4.74 Å². The average molecular weight is 309 g/mol. The number of thiazole rings is 1. The largest absolute Gasteiger partial charge is 0.486 e. The number of ether oxygens (including phenoxy) is 1. The number of urea groups is 1. The molecule has 1 saturated carbocycles. The van der Waals surface area contributed by atoms with Crippen LogP contribution in [0.2, 0.25) is 0 Å². The molecule has 1 saturated heterocycles. The summed E-state index contributed by atoms with van der Waals surface area (Å²) in [6, 6.07) is 0.423. The summed E-state index contributed by atoms with van der Waals surface area (Å²) < 4.78 is 5.12. The Labute approximate surface area is 129 Å². The van der Waals surface area contributed by atoms with Gasteiger partial charge in [-0.15, -0.1) is 0 Å². The number of methoxy groups -OCH3 is 1. The van der Waals surface area contributed by atoms with Gasteiger partial charge in [-0.1, -0.05) is 24.2 Å². The highest BCUT2D eigenvalue weighted by Gasteiger charge is 2.34. The first-order chi connectivity index (χ1) is 10.3. The normalized spacial score (nSPS) is 23.3. The summed E-state index contributed by atoms with van der Waals surface area (Å²) in [5, 5.41) is 4.27. The van der Waals surface area contributed by atoms with E-state index in [-0.39, 0.29) is 6.03 Å². The molecule has 1 atom stereocenters. The Balaban J connectivity index is 1.65. The van der Waals surface area contributed by atoms with Crippen molar-refractivity contribution in [1.82, 2.24) is 9.88 Å². The maximum Gasteiger partial charge on any atom is 0.323 e. The number of nitrogens with zero attached hydrogens (tertiary/aromatic N) is 2. The molecule has 1 unspecified atom stereocenters. The lowest BCUT2D eigenvalue weighted by Gasteiger charge is -2.39. The minimum atomic E-state index is 0.00334. The monoisotopic (exact) mass is 309 g/mol.